The maximum atomic E-state index is 12.4. The van der Waals surface area contributed by atoms with E-state index in [-0.39, 0.29) is 11.9 Å². The number of aliphatic hydroxyl groups excluding tert-OH is 2. The lowest BCUT2D eigenvalue weighted by Crippen LogP contribution is -2.43. The molecule has 3 aliphatic rings. The van der Waals surface area contributed by atoms with E-state index in [1.807, 2.05) is 27.8 Å². The Morgan fingerprint density at radius 1 is 1.25 bits per heavy atom. The fraction of sp³-hybridized carbons (Fsp3) is 0.680. The van der Waals surface area contributed by atoms with Crippen LogP contribution in [0.2, 0.25) is 0 Å². The maximum absolute atomic E-state index is 12.4. The Morgan fingerprint density at radius 2 is 1.97 bits per heavy atom. The van der Waals surface area contributed by atoms with Crippen LogP contribution in [0, 0.1) is 5.92 Å². The number of carbonyl (C=O) groups excluding carboxylic acids is 1. The van der Waals surface area contributed by atoms with E-state index < -0.39 is 5.66 Å². The van der Waals surface area contributed by atoms with E-state index in [1.165, 1.54) is 19.3 Å². The number of hydrogen-bond donors (Lipinski definition) is 5. The molecule has 2 fully saturated rings. The molecule has 1 amide bonds. The molecule has 0 aromatic heterocycles. The fourth-order valence-electron chi connectivity index (χ4n) is 3.80. The van der Waals surface area contributed by atoms with E-state index in [0.29, 0.717) is 29.9 Å². The monoisotopic (exact) mass is 446 g/mol. The van der Waals surface area contributed by atoms with Crippen LogP contribution < -0.4 is 16.0 Å². The first-order valence-corrected chi connectivity index (χ1v) is 11.9. The zero-order chi connectivity index (χ0) is 23.6. The van der Waals surface area contributed by atoms with Crippen LogP contribution in [0.4, 0.5) is 0 Å². The molecule has 0 aromatic carbocycles. The minimum atomic E-state index is -0.514. The molecule has 2 atom stereocenters. The lowest BCUT2D eigenvalue weighted by Gasteiger charge is -2.29. The molecular weight excluding hydrogens is 404 g/mol. The molecule has 7 nitrogen and oxygen atoms in total. The fourth-order valence-corrected chi connectivity index (χ4v) is 3.80. The number of aliphatic hydroxyl groups is 2. The third-order valence-corrected chi connectivity index (χ3v) is 6.01. The number of carbonyl (C=O) groups is 1. The van der Waals surface area contributed by atoms with Gasteiger partial charge in [-0.2, -0.15) is 0 Å². The molecule has 0 aromatic rings. The summed E-state index contributed by atoms with van der Waals surface area (Å²) in [6.07, 6.45) is 15.5. The third-order valence-electron chi connectivity index (χ3n) is 6.01. The van der Waals surface area contributed by atoms with Crippen LogP contribution >= 0.6 is 0 Å². The smallest absolute Gasteiger partial charge is 0.247 e. The topological polar surface area (TPSA) is 106 Å². The molecule has 2 unspecified atom stereocenters. The van der Waals surface area contributed by atoms with Gasteiger partial charge in [0.2, 0.25) is 5.91 Å². The van der Waals surface area contributed by atoms with Gasteiger partial charge in [0.15, 0.2) is 0 Å². The Labute approximate surface area is 193 Å². The predicted molar refractivity (Wildman–Crippen MR) is 131 cm³/mol. The van der Waals surface area contributed by atoms with Crippen molar-refractivity contribution in [2.24, 2.45) is 10.9 Å². The molecule has 0 radical (unpaired) electrons. The zero-order valence-corrected chi connectivity index (χ0v) is 20.2. The summed E-state index contributed by atoms with van der Waals surface area (Å²) in [5.74, 6) is 0.952. The van der Waals surface area contributed by atoms with Gasteiger partial charge in [-0.05, 0) is 103 Å². The summed E-state index contributed by atoms with van der Waals surface area (Å²) < 4.78 is 0. The molecule has 7 heteroatoms. The van der Waals surface area contributed by atoms with Gasteiger partial charge in [-0.25, -0.2) is 0 Å². The summed E-state index contributed by atoms with van der Waals surface area (Å²) >= 11 is 0. The van der Waals surface area contributed by atoms with E-state index >= 15 is 0 Å². The Hall–Kier alpha value is -2.12. The third kappa shape index (κ3) is 10.0. The summed E-state index contributed by atoms with van der Waals surface area (Å²) in [6, 6.07) is 0.728. The van der Waals surface area contributed by atoms with Crippen LogP contribution in [0.3, 0.4) is 0 Å². The van der Waals surface area contributed by atoms with Crippen molar-refractivity contribution < 1.29 is 15.0 Å². The van der Waals surface area contributed by atoms with Gasteiger partial charge in [0.25, 0.3) is 0 Å². The van der Waals surface area contributed by atoms with E-state index in [0.717, 1.165) is 37.8 Å². The highest BCUT2D eigenvalue weighted by molar-refractivity contribution is 5.96. The highest BCUT2D eigenvalue weighted by Gasteiger charge is 2.22. The minimum absolute atomic E-state index is 0.0287. The molecular formula is C25H42N4O3. The number of hydrogen-bond acceptors (Lipinski definition) is 6. The van der Waals surface area contributed by atoms with E-state index in [1.54, 1.807) is 24.4 Å². The maximum Gasteiger partial charge on any atom is 0.247 e. The van der Waals surface area contributed by atoms with E-state index in [2.05, 4.69) is 20.9 Å². The summed E-state index contributed by atoms with van der Waals surface area (Å²) in [6.45, 7) is 6.15. The van der Waals surface area contributed by atoms with Crippen LogP contribution in [0.15, 0.2) is 40.2 Å². The molecule has 2 saturated carbocycles. The van der Waals surface area contributed by atoms with Crippen molar-refractivity contribution in [2.45, 2.75) is 89.9 Å². The first-order valence-electron chi connectivity index (χ1n) is 11.9. The van der Waals surface area contributed by atoms with Crippen molar-refractivity contribution in [1.29, 1.82) is 0 Å². The lowest BCUT2D eigenvalue weighted by atomic mass is 9.91. The molecule has 0 spiro atoms. The quantitative estimate of drug-likeness (QED) is 0.290. The van der Waals surface area contributed by atoms with Crippen LogP contribution in [0.25, 0.3) is 0 Å². The average Bonchev–Trinajstić information content (AvgIpc) is 3.58. The van der Waals surface area contributed by atoms with Crippen molar-refractivity contribution >= 4 is 12.1 Å². The summed E-state index contributed by atoms with van der Waals surface area (Å²) in [5, 5.41) is 27.6. The van der Waals surface area contributed by atoms with Crippen LogP contribution in [-0.2, 0) is 4.79 Å². The van der Waals surface area contributed by atoms with Gasteiger partial charge in [-0.15, -0.1) is 0 Å². The van der Waals surface area contributed by atoms with Crippen molar-refractivity contribution in [3.05, 3.63) is 35.3 Å². The second-order valence-electron chi connectivity index (χ2n) is 9.60. The average molecular weight is 447 g/mol. The van der Waals surface area contributed by atoms with Gasteiger partial charge in [0.1, 0.15) is 11.4 Å². The van der Waals surface area contributed by atoms with Crippen LogP contribution in [0.5, 0.6) is 0 Å². The SMILES string of the molecule is CNC1CCCC(NC(=O)/C(C)=C/C=N\C(C)(C)NC2=CC(O)=CCC2)C1.OCC1CC1. The summed E-state index contributed by atoms with van der Waals surface area (Å²) in [7, 11) is 1.98. The van der Waals surface area contributed by atoms with Crippen molar-refractivity contribution in [3.63, 3.8) is 0 Å². The van der Waals surface area contributed by atoms with Gasteiger partial charge >= 0.3 is 0 Å². The lowest BCUT2D eigenvalue weighted by molar-refractivity contribution is -0.118. The van der Waals surface area contributed by atoms with Gasteiger partial charge in [0.05, 0.1) is 0 Å². The van der Waals surface area contributed by atoms with Crippen molar-refractivity contribution in [2.75, 3.05) is 13.7 Å². The molecule has 0 aliphatic heterocycles. The Bertz CT molecular complexity index is 735. The van der Waals surface area contributed by atoms with E-state index in [4.69, 9.17) is 5.11 Å². The number of allylic oxidation sites excluding steroid dienone is 4. The Kier molecular flexibility index (Phi) is 10.5. The zero-order valence-electron chi connectivity index (χ0n) is 20.2. The van der Waals surface area contributed by atoms with E-state index in [9.17, 15) is 9.90 Å². The number of nitrogens with one attached hydrogen (secondary N) is 3. The van der Waals surface area contributed by atoms with Gasteiger partial charge < -0.3 is 26.2 Å². The second kappa shape index (κ2) is 12.8. The van der Waals surface area contributed by atoms with Gasteiger partial charge in [0, 0.05) is 36.2 Å². The largest absolute Gasteiger partial charge is 0.508 e. The van der Waals surface area contributed by atoms with Crippen molar-refractivity contribution in [3.8, 4) is 0 Å². The van der Waals surface area contributed by atoms with Crippen LogP contribution in [0.1, 0.15) is 72.1 Å². The molecule has 0 bridgehead atoms. The first kappa shape index (κ1) is 26.1. The van der Waals surface area contributed by atoms with Crippen LogP contribution in [-0.4, -0.2) is 53.7 Å². The van der Waals surface area contributed by atoms with Gasteiger partial charge in [-0.1, -0.05) is 0 Å². The molecule has 3 aliphatic carbocycles. The van der Waals surface area contributed by atoms with Gasteiger partial charge in [-0.3, -0.25) is 9.79 Å². The number of nitrogens with zero attached hydrogens (tertiary/aromatic N) is 1. The summed E-state index contributed by atoms with van der Waals surface area (Å²) in [5.41, 5.74) is 1.10. The molecule has 32 heavy (non-hydrogen) atoms. The molecule has 0 saturated heterocycles. The standard InChI is InChI=1S/C21H34N4O2.C4H8O/c1-15(20(27)24-17-8-5-7-16(13-17)22-4)11-12-23-21(2,3)25-18-9-6-10-19(26)14-18;5-3-4-1-2-4/h10-12,14,16-17,22,25-26H,5-9,13H2,1-4H3,(H,24,27);4-5H,1-3H2/b15-11+,23-12-;. The molecule has 0 heterocycles. The second-order valence-corrected chi connectivity index (χ2v) is 9.60. The number of aliphatic imine (C=N–C) groups is 1. The first-order chi connectivity index (χ1) is 15.2. The Balaban J connectivity index is 0.000000636. The van der Waals surface area contributed by atoms with Crippen molar-refractivity contribution in [1.82, 2.24) is 16.0 Å². The summed E-state index contributed by atoms with van der Waals surface area (Å²) in [4.78, 5) is 16.9. The Morgan fingerprint density at radius 3 is 2.56 bits per heavy atom. The highest BCUT2D eigenvalue weighted by Crippen LogP contribution is 2.27. The molecule has 5 N–H and O–H groups in total. The molecule has 180 valence electrons. The number of amides is 1. The number of rotatable bonds is 8. The minimum Gasteiger partial charge on any atom is -0.508 e. The molecule has 3 rings (SSSR count). The highest BCUT2D eigenvalue weighted by atomic mass is 16.3. The normalized spacial score (nSPS) is 24.2. The predicted octanol–water partition coefficient (Wildman–Crippen LogP) is 3.48.